The highest BCUT2D eigenvalue weighted by Gasteiger charge is 2.47. The van der Waals surface area contributed by atoms with Crippen LogP contribution in [0.1, 0.15) is 24.6 Å². The normalized spacial score (nSPS) is 29.5. The number of hydrogen-bond acceptors (Lipinski definition) is 3. The summed E-state index contributed by atoms with van der Waals surface area (Å²) in [6.45, 7) is 1.84. The summed E-state index contributed by atoms with van der Waals surface area (Å²) in [6.07, 6.45) is 3.93. The molecule has 0 unspecified atom stereocenters. The van der Waals surface area contributed by atoms with E-state index in [1.54, 1.807) is 6.26 Å². The average molecular weight is 206 g/mol. The molecule has 0 aliphatic carbocycles. The standard InChI is InChI=1S/C11H14N2O2/c14-11(13-5-1-2-6-13)10-9(12-10)8-4-3-7-15-8/h3-4,7,9-10,12H,1-2,5-6H2/t9-,10+/m1/s1. The minimum Gasteiger partial charge on any atom is -0.468 e. The summed E-state index contributed by atoms with van der Waals surface area (Å²) in [6, 6.07) is 3.82. The maximum atomic E-state index is 11.9. The van der Waals surface area contributed by atoms with Crippen molar-refractivity contribution in [3.63, 3.8) is 0 Å². The van der Waals surface area contributed by atoms with Gasteiger partial charge in [0.1, 0.15) is 11.8 Å². The van der Waals surface area contributed by atoms with Crippen LogP contribution in [0.15, 0.2) is 22.8 Å². The monoisotopic (exact) mass is 206 g/mol. The fourth-order valence-corrected chi connectivity index (χ4v) is 2.20. The number of likely N-dealkylation sites (tertiary alicyclic amines) is 1. The van der Waals surface area contributed by atoms with Gasteiger partial charge in [0.2, 0.25) is 5.91 Å². The molecule has 0 spiro atoms. The van der Waals surface area contributed by atoms with Gasteiger partial charge in [-0.25, -0.2) is 0 Å². The molecule has 1 amide bonds. The van der Waals surface area contributed by atoms with E-state index in [2.05, 4.69) is 5.32 Å². The molecule has 0 radical (unpaired) electrons. The number of amides is 1. The minimum absolute atomic E-state index is 0.0470. The maximum Gasteiger partial charge on any atom is 0.241 e. The molecule has 3 rings (SSSR count). The molecule has 2 aliphatic rings. The Morgan fingerprint density at radius 2 is 2.27 bits per heavy atom. The van der Waals surface area contributed by atoms with Crippen molar-refractivity contribution in [2.45, 2.75) is 24.9 Å². The summed E-state index contributed by atoms with van der Waals surface area (Å²) in [4.78, 5) is 13.9. The van der Waals surface area contributed by atoms with Crippen LogP contribution in [0.25, 0.3) is 0 Å². The molecule has 3 heterocycles. The Hall–Kier alpha value is -1.29. The third kappa shape index (κ3) is 1.55. The zero-order valence-corrected chi connectivity index (χ0v) is 8.48. The van der Waals surface area contributed by atoms with Gasteiger partial charge in [0.25, 0.3) is 0 Å². The fourth-order valence-electron chi connectivity index (χ4n) is 2.20. The lowest BCUT2D eigenvalue weighted by atomic mass is 10.2. The average Bonchev–Trinajstić information content (AvgIpc) is 2.78. The fraction of sp³-hybridized carbons (Fsp3) is 0.545. The van der Waals surface area contributed by atoms with Crippen LogP contribution in [0, 0.1) is 0 Å². The number of rotatable bonds is 2. The molecule has 2 atom stereocenters. The highest BCUT2D eigenvalue weighted by Crippen LogP contribution is 2.31. The Labute approximate surface area is 88.2 Å². The largest absolute Gasteiger partial charge is 0.468 e. The smallest absolute Gasteiger partial charge is 0.241 e. The SMILES string of the molecule is O=C([C@H]1N[C@@H]1c1ccco1)N1CCCC1. The summed E-state index contributed by atoms with van der Waals surface area (Å²) in [5, 5.41) is 3.16. The molecule has 0 bridgehead atoms. The summed E-state index contributed by atoms with van der Waals surface area (Å²) < 4.78 is 5.27. The van der Waals surface area contributed by atoms with Crippen LogP contribution in [0.4, 0.5) is 0 Å². The van der Waals surface area contributed by atoms with E-state index in [-0.39, 0.29) is 18.0 Å². The van der Waals surface area contributed by atoms with Gasteiger partial charge in [-0.15, -0.1) is 0 Å². The van der Waals surface area contributed by atoms with E-state index in [1.165, 1.54) is 0 Å². The van der Waals surface area contributed by atoms with Gasteiger partial charge in [0.05, 0.1) is 12.3 Å². The van der Waals surface area contributed by atoms with Crippen molar-refractivity contribution in [1.29, 1.82) is 0 Å². The second-order valence-electron chi connectivity index (χ2n) is 4.17. The van der Waals surface area contributed by atoms with Gasteiger partial charge in [-0.2, -0.15) is 0 Å². The van der Waals surface area contributed by atoms with E-state index in [4.69, 9.17) is 4.42 Å². The molecule has 2 saturated heterocycles. The van der Waals surface area contributed by atoms with Gasteiger partial charge in [-0.3, -0.25) is 10.1 Å². The molecule has 15 heavy (non-hydrogen) atoms. The Morgan fingerprint density at radius 1 is 1.47 bits per heavy atom. The van der Waals surface area contributed by atoms with Crippen LogP contribution in [-0.2, 0) is 4.79 Å². The highest BCUT2D eigenvalue weighted by atomic mass is 16.3. The molecule has 4 nitrogen and oxygen atoms in total. The van der Waals surface area contributed by atoms with Gasteiger partial charge in [-0.1, -0.05) is 0 Å². The van der Waals surface area contributed by atoms with Crippen LogP contribution in [0.2, 0.25) is 0 Å². The second kappa shape index (κ2) is 3.38. The Morgan fingerprint density at radius 3 is 2.93 bits per heavy atom. The molecule has 2 fully saturated rings. The van der Waals surface area contributed by atoms with E-state index >= 15 is 0 Å². The number of carbonyl (C=O) groups excluding carboxylic acids is 1. The molecule has 1 N–H and O–H groups in total. The lowest BCUT2D eigenvalue weighted by Gasteiger charge is -2.13. The third-order valence-electron chi connectivity index (χ3n) is 3.12. The van der Waals surface area contributed by atoms with Crippen molar-refractivity contribution in [3.8, 4) is 0 Å². The van der Waals surface area contributed by atoms with Gasteiger partial charge in [0, 0.05) is 13.1 Å². The van der Waals surface area contributed by atoms with Gasteiger partial charge >= 0.3 is 0 Å². The van der Waals surface area contributed by atoms with Crippen molar-refractivity contribution < 1.29 is 9.21 Å². The van der Waals surface area contributed by atoms with Gasteiger partial charge in [-0.05, 0) is 25.0 Å². The molecule has 0 aromatic carbocycles. The summed E-state index contributed by atoms with van der Waals surface area (Å²) in [5.74, 6) is 1.10. The molecule has 1 aromatic heterocycles. The number of nitrogens with one attached hydrogen (secondary N) is 1. The minimum atomic E-state index is -0.0470. The molecule has 80 valence electrons. The van der Waals surface area contributed by atoms with Crippen molar-refractivity contribution in [2.75, 3.05) is 13.1 Å². The Balaban J connectivity index is 1.64. The molecule has 0 saturated carbocycles. The first-order valence-corrected chi connectivity index (χ1v) is 5.44. The third-order valence-corrected chi connectivity index (χ3v) is 3.12. The molecular formula is C11H14N2O2. The lowest BCUT2D eigenvalue weighted by Crippen LogP contribution is -2.32. The Bertz CT molecular complexity index is 355. The first-order chi connectivity index (χ1) is 7.36. The van der Waals surface area contributed by atoms with Gasteiger partial charge < -0.3 is 9.32 Å². The maximum absolute atomic E-state index is 11.9. The van der Waals surface area contributed by atoms with Crippen molar-refractivity contribution in [2.24, 2.45) is 0 Å². The zero-order valence-electron chi connectivity index (χ0n) is 8.48. The van der Waals surface area contributed by atoms with Crippen molar-refractivity contribution in [3.05, 3.63) is 24.2 Å². The summed E-state index contributed by atoms with van der Waals surface area (Å²) >= 11 is 0. The molecular weight excluding hydrogens is 192 g/mol. The van der Waals surface area contributed by atoms with E-state index < -0.39 is 0 Å². The number of carbonyl (C=O) groups is 1. The quantitative estimate of drug-likeness (QED) is 0.732. The van der Waals surface area contributed by atoms with Crippen molar-refractivity contribution >= 4 is 5.91 Å². The Kier molecular flexibility index (Phi) is 2.02. The van der Waals surface area contributed by atoms with Crippen molar-refractivity contribution in [1.82, 2.24) is 10.2 Å². The topological polar surface area (TPSA) is 55.4 Å². The first kappa shape index (κ1) is 8.97. The van der Waals surface area contributed by atoms with Crippen LogP contribution < -0.4 is 5.32 Å². The van der Waals surface area contributed by atoms with E-state index in [9.17, 15) is 4.79 Å². The zero-order chi connectivity index (χ0) is 10.3. The van der Waals surface area contributed by atoms with Crippen LogP contribution in [0.5, 0.6) is 0 Å². The number of nitrogens with zero attached hydrogens (tertiary/aromatic N) is 1. The first-order valence-electron chi connectivity index (χ1n) is 5.44. The predicted octanol–water partition coefficient (Wildman–Crippen LogP) is 0.915. The van der Waals surface area contributed by atoms with Crippen LogP contribution in [0.3, 0.4) is 0 Å². The van der Waals surface area contributed by atoms with Crippen LogP contribution >= 0.6 is 0 Å². The van der Waals surface area contributed by atoms with Crippen LogP contribution in [-0.4, -0.2) is 29.9 Å². The molecule has 2 aliphatic heterocycles. The highest BCUT2D eigenvalue weighted by molar-refractivity contribution is 5.86. The van der Waals surface area contributed by atoms with E-state index in [0.717, 1.165) is 31.7 Å². The predicted molar refractivity (Wildman–Crippen MR) is 54.2 cm³/mol. The number of furan rings is 1. The summed E-state index contributed by atoms with van der Waals surface area (Å²) in [7, 11) is 0. The number of hydrogen-bond donors (Lipinski definition) is 1. The van der Waals surface area contributed by atoms with E-state index in [0.29, 0.717) is 0 Å². The summed E-state index contributed by atoms with van der Waals surface area (Å²) in [5.41, 5.74) is 0. The molecule has 4 heteroatoms. The molecule has 1 aromatic rings. The van der Waals surface area contributed by atoms with Gasteiger partial charge in [0.15, 0.2) is 0 Å². The second-order valence-corrected chi connectivity index (χ2v) is 4.17. The van der Waals surface area contributed by atoms with E-state index in [1.807, 2.05) is 17.0 Å². The lowest BCUT2D eigenvalue weighted by molar-refractivity contribution is -0.129.